The second-order valence-corrected chi connectivity index (χ2v) is 6.62. The summed E-state index contributed by atoms with van der Waals surface area (Å²) in [5.74, 6) is -0.246. The zero-order chi connectivity index (χ0) is 17.5. The third kappa shape index (κ3) is 5.47. The summed E-state index contributed by atoms with van der Waals surface area (Å²) >= 11 is 7.25. The van der Waals surface area contributed by atoms with E-state index in [9.17, 15) is 9.59 Å². The molecule has 2 aromatic rings. The molecule has 5 nitrogen and oxygen atoms in total. The Kier molecular flexibility index (Phi) is 6.52. The van der Waals surface area contributed by atoms with Crippen molar-refractivity contribution in [3.63, 3.8) is 0 Å². The Hall–Kier alpha value is -2.18. The average Bonchev–Trinajstić information content (AvgIpc) is 2.54. The van der Waals surface area contributed by atoms with Crippen LogP contribution in [0.15, 0.2) is 53.4 Å². The van der Waals surface area contributed by atoms with E-state index in [1.807, 2.05) is 36.4 Å². The summed E-state index contributed by atoms with van der Waals surface area (Å²) in [4.78, 5) is 25.7. The van der Waals surface area contributed by atoms with Gasteiger partial charge in [-0.05, 0) is 29.8 Å². The molecule has 0 fully saturated rings. The van der Waals surface area contributed by atoms with E-state index in [4.69, 9.17) is 17.3 Å². The van der Waals surface area contributed by atoms with E-state index in [0.717, 1.165) is 10.5 Å². The van der Waals surface area contributed by atoms with Gasteiger partial charge in [0.1, 0.15) is 0 Å². The van der Waals surface area contributed by atoms with Gasteiger partial charge in [-0.3, -0.25) is 4.79 Å². The number of thioether (sulfide) groups is 1. The number of carbonyl (C=O) groups is 2. The Labute approximate surface area is 150 Å². The quantitative estimate of drug-likeness (QED) is 0.770. The lowest BCUT2D eigenvalue weighted by Crippen LogP contribution is -2.31. The molecule has 0 aliphatic heterocycles. The first kappa shape index (κ1) is 18.2. The van der Waals surface area contributed by atoms with Crippen molar-refractivity contribution in [2.24, 2.45) is 5.73 Å². The van der Waals surface area contributed by atoms with Crippen LogP contribution in [0.5, 0.6) is 0 Å². The van der Waals surface area contributed by atoms with Gasteiger partial charge in [-0.15, -0.1) is 11.8 Å². The standard InChI is InChI=1S/C17H18ClN3O2S/c1-21(10-12-5-4-6-13(18)9-12)17(23)20-14-7-2-3-8-15(14)24-11-16(19)22/h2-9H,10-11H2,1H3,(H2,19,22)(H,20,23). The van der Waals surface area contributed by atoms with Crippen molar-refractivity contribution in [1.29, 1.82) is 0 Å². The summed E-state index contributed by atoms with van der Waals surface area (Å²) < 4.78 is 0. The van der Waals surface area contributed by atoms with Crippen molar-refractivity contribution in [1.82, 2.24) is 4.90 Å². The van der Waals surface area contributed by atoms with Crippen LogP contribution in [0.4, 0.5) is 10.5 Å². The molecule has 126 valence electrons. The number of anilines is 1. The number of nitrogens with one attached hydrogen (secondary N) is 1. The van der Waals surface area contributed by atoms with Crippen molar-refractivity contribution in [3.05, 3.63) is 59.1 Å². The highest BCUT2D eigenvalue weighted by Gasteiger charge is 2.12. The number of nitrogens with zero attached hydrogens (tertiary/aromatic N) is 1. The predicted octanol–water partition coefficient (Wildman–Crippen LogP) is 3.58. The first-order chi connectivity index (χ1) is 11.5. The van der Waals surface area contributed by atoms with Gasteiger partial charge < -0.3 is 16.0 Å². The van der Waals surface area contributed by atoms with Crippen LogP contribution in [0.1, 0.15) is 5.56 Å². The van der Waals surface area contributed by atoms with Crippen LogP contribution in [0.3, 0.4) is 0 Å². The van der Waals surface area contributed by atoms with Crippen LogP contribution in [-0.2, 0) is 11.3 Å². The first-order valence-electron chi connectivity index (χ1n) is 7.22. The smallest absolute Gasteiger partial charge is 0.321 e. The average molecular weight is 364 g/mol. The summed E-state index contributed by atoms with van der Waals surface area (Å²) in [5.41, 5.74) is 6.76. The number of primary amides is 1. The fourth-order valence-corrected chi connectivity index (χ4v) is 3.00. The number of nitrogens with two attached hydrogens (primary N) is 1. The lowest BCUT2D eigenvalue weighted by molar-refractivity contribution is -0.115. The Balaban J connectivity index is 2.02. The number of hydrogen-bond acceptors (Lipinski definition) is 3. The van der Waals surface area contributed by atoms with E-state index >= 15 is 0 Å². The van der Waals surface area contributed by atoms with E-state index in [0.29, 0.717) is 17.3 Å². The molecule has 0 radical (unpaired) electrons. The molecule has 2 aromatic carbocycles. The minimum atomic E-state index is -0.404. The third-order valence-corrected chi connectivity index (χ3v) is 4.49. The fourth-order valence-electron chi connectivity index (χ4n) is 2.04. The van der Waals surface area contributed by atoms with Crippen LogP contribution in [-0.4, -0.2) is 29.6 Å². The van der Waals surface area contributed by atoms with Crippen LogP contribution >= 0.6 is 23.4 Å². The second-order valence-electron chi connectivity index (χ2n) is 5.17. The van der Waals surface area contributed by atoms with Crippen molar-refractivity contribution in [3.8, 4) is 0 Å². The molecule has 3 N–H and O–H groups in total. The summed E-state index contributed by atoms with van der Waals surface area (Å²) in [6, 6.07) is 14.4. The topological polar surface area (TPSA) is 75.4 Å². The van der Waals surface area contributed by atoms with Crippen LogP contribution in [0, 0.1) is 0 Å². The molecule has 0 bridgehead atoms. The molecule has 0 saturated carbocycles. The van der Waals surface area contributed by atoms with Gasteiger partial charge in [-0.25, -0.2) is 4.79 Å². The lowest BCUT2D eigenvalue weighted by atomic mass is 10.2. The number of carbonyl (C=O) groups excluding carboxylic acids is 2. The molecule has 2 rings (SSSR count). The van der Waals surface area contributed by atoms with Crippen molar-refractivity contribution in [2.75, 3.05) is 18.1 Å². The van der Waals surface area contributed by atoms with Gasteiger partial charge in [0.05, 0.1) is 11.4 Å². The maximum absolute atomic E-state index is 12.4. The Bertz CT molecular complexity index is 739. The monoisotopic (exact) mass is 363 g/mol. The Morgan fingerprint density at radius 2 is 1.96 bits per heavy atom. The van der Waals surface area contributed by atoms with E-state index in [1.54, 1.807) is 24.1 Å². The molecular formula is C17H18ClN3O2S. The van der Waals surface area contributed by atoms with Crippen LogP contribution < -0.4 is 11.1 Å². The summed E-state index contributed by atoms with van der Waals surface area (Å²) in [7, 11) is 1.70. The molecular weight excluding hydrogens is 346 g/mol. The maximum atomic E-state index is 12.4. The molecule has 24 heavy (non-hydrogen) atoms. The highest BCUT2D eigenvalue weighted by Crippen LogP contribution is 2.27. The Morgan fingerprint density at radius 1 is 1.21 bits per heavy atom. The number of hydrogen-bond donors (Lipinski definition) is 2. The molecule has 3 amide bonds. The minimum Gasteiger partial charge on any atom is -0.369 e. The molecule has 0 spiro atoms. The highest BCUT2D eigenvalue weighted by molar-refractivity contribution is 8.00. The second kappa shape index (κ2) is 8.61. The van der Waals surface area contributed by atoms with Crippen molar-refractivity contribution in [2.45, 2.75) is 11.4 Å². The fraction of sp³-hybridized carbons (Fsp3) is 0.176. The lowest BCUT2D eigenvalue weighted by Gasteiger charge is -2.19. The number of halogens is 1. The third-order valence-electron chi connectivity index (χ3n) is 3.15. The SMILES string of the molecule is CN(Cc1cccc(Cl)c1)C(=O)Nc1ccccc1SCC(N)=O. The number of amides is 3. The van der Waals surface area contributed by atoms with Gasteiger partial charge in [0.25, 0.3) is 0 Å². The molecule has 0 heterocycles. The molecule has 0 aliphatic carbocycles. The molecule has 7 heteroatoms. The zero-order valence-corrected chi connectivity index (χ0v) is 14.7. The highest BCUT2D eigenvalue weighted by atomic mass is 35.5. The van der Waals surface area contributed by atoms with Crippen molar-refractivity contribution >= 4 is 41.0 Å². The molecule has 0 unspecified atom stereocenters. The molecule has 0 aliphatic rings. The number of urea groups is 1. The maximum Gasteiger partial charge on any atom is 0.321 e. The van der Waals surface area contributed by atoms with Gasteiger partial charge >= 0.3 is 6.03 Å². The zero-order valence-electron chi connectivity index (χ0n) is 13.2. The molecule has 0 atom stereocenters. The van der Waals surface area contributed by atoms with Gasteiger partial charge in [0.2, 0.25) is 5.91 Å². The summed E-state index contributed by atoms with van der Waals surface area (Å²) in [6.07, 6.45) is 0. The van der Waals surface area contributed by atoms with E-state index in [1.165, 1.54) is 11.8 Å². The predicted molar refractivity (Wildman–Crippen MR) is 98.3 cm³/mol. The molecule has 0 saturated heterocycles. The number of rotatable bonds is 6. The molecule has 0 aromatic heterocycles. The van der Waals surface area contributed by atoms with E-state index in [-0.39, 0.29) is 11.8 Å². The van der Waals surface area contributed by atoms with Crippen molar-refractivity contribution < 1.29 is 9.59 Å². The van der Waals surface area contributed by atoms with E-state index < -0.39 is 5.91 Å². The minimum absolute atomic E-state index is 0.158. The Morgan fingerprint density at radius 3 is 2.67 bits per heavy atom. The number of benzene rings is 2. The van der Waals surface area contributed by atoms with Gasteiger partial charge in [-0.2, -0.15) is 0 Å². The van der Waals surface area contributed by atoms with Gasteiger partial charge in [-0.1, -0.05) is 35.9 Å². The van der Waals surface area contributed by atoms with Gasteiger partial charge in [0, 0.05) is 23.5 Å². The normalized spacial score (nSPS) is 10.2. The van der Waals surface area contributed by atoms with E-state index in [2.05, 4.69) is 5.32 Å². The van der Waals surface area contributed by atoms with Crippen LogP contribution in [0.2, 0.25) is 5.02 Å². The largest absolute Gasteiger partial charge is 0.369 e. The summed E-state index contributed by atoms with van der Waals surface area (Å²) in [6.45, 7) is 0.434. The number of para-hydroxylation sites is 1. The van der Waals surface area contributed by atoms with Crippen LogP contribution in [0.25, 0.3) is 0 Å². The van der Waals surface area contributed by atoms with Gasteiger partial charge in [0.15, 0.2) is 0 Å². The first-order valence-corrected chi connectivity index (χ1v) is 8.59. The summed E-state index contributed by atoms with van der Waals surface area (Å²) in [5, 5.41) is 3.48.